The minimum Gasteiger partial charge on any atom is -0.469 e. The van der Waals surface area contributed by atoms with Gasteiger partial charge in [0.2, 0.25) is 0 Å². The molecule has 21 heavy (non-hydrogen) atoms. The van der Waals surface area contributed by atoms with E-state index in [9.17, 15) is 19.1 Å². The third kappa shape index (κ3) is 4.82. The van der Waals surface area contributed by atoms with Crippen LogP contribution < -0.4 is 0 Å². The third-order valence-electron chi connectivity index (χ3n) is 2.97. The zero-order valence-corrected chi connectivity index (χ0v) is 12.4. The number of hydrogen-bond donors (Lipinski definition) is 1. The highest BCUT2D eigenvalue weighted by molar-refractivity contribution is 5.94. The van der Waals surface area contributed by atoms with Gasteiger partial charge in [-0.1, -0.05) is 19.1 Å². The molecule has 0 spiro atoms. The first-order valence-electron chi connectivity index (χ1n) is 6.66. The van der Waals surface area contributed by atoms with Crippen molar-refractivity contribution in [1.29, 1.82) is 0 Å². The van der Waals surface area contributed by atoms with Crippen LogP contribution in [0, 0.1) is 11.7 Å². The molecule has 1 N–H and O–H groups in total. The van der Waals surface area contributed by atoms with Gasteiger partial charge >= 0.3 is 5.97 Å². The van der Waals surface area contributed by atoms with Crippen LogP contribution in [0.15, 0.2) is 24.3 Å². The van der Waals surface area contributed by atoms with Crippen molar-refractivity contribution >= 4 is 11.9 Å². The van der Waals surface area contributed by atoms with Crippen molar-refractivity contribution in [3.05, 3.63) is 35.6 Å². The summed E-state index contributed by atoms with van der Waals surface area (Å²) in [5.74, 6) is -2.23. The molecule has 1 amide bonds. The van der Waals surface area contributed by atoms with Gasteiger partial charge < -0.3 is 14.7 Å². The highest BCUT2D eigenvalue weighted by atomic mass is 19.1. The van der Waals surface area contributed by atoms with Crippen LogP contribution in [-0.2, 0) is 9.53 Å². The molecule has 0 aliphatic rings. The number of benzene rings is 1. The molecule has 0 fully saturated rings. The smallest absolute Gasteiger partial charge is 0.310 e. The Balaban J connectivity index is 2.94. The van der Waals surface area contributed by atoms with Gasteiger partial charge in [-0.15, -0.1) is 0 Å². The molecule has 0 aromatic heterocycles. The lowest BCUT2D eigenvalue weighted by atomic mass is 10.1. The molecule has 2 atom stereocenters. The molecule has 0 saturated carbocycles. The molecular formula is C15H20FNO4. The fraction of sp³-hybridized carbons (Fsp3) is 0.467. The normalized spacial score (nSPS) is 13.4. The maximum atomic E-state index is 13.7. The Hall–Kier alpha value is -1.95. The molecule has 0 radical (unpaired) electrons. The SMILES string of the molecule is COC(=O)C(C)CN(CC(C)O)C(=O)c1ccccc1F. The lowest BCUT2D eigenvalue weighted by Gasteiger charge is -2.26. The summed E-state index contributed by atoms with van der Waals surface area (Å²) in [6.45, 7) is 3.18. The van der Waals surface area contributed by atoms with Crippen molar-refractivity contribution in [2.24, 2.45) is 5.92 Å². The summed E-state index contributed by atoms with van der Waals surface area (Å²) in [4.78, 5) is 25.1. The van der Waals surface area contributed by atoms with E-state index in [-0.39, 0.29) is 18.7 Å². The van der Waals surface area contributed by atoms with Crippen molar-refractivity contribution in [2.45, 2.75) is 20.0 Å². The average molecular weight is 297 g/mol. The Kier molecular flexibility index (Phi) is 6.30. The summed E-state index contributed by atoms with van der Waals surface area (Å²) in [5.41, 5.74) is -0.0878. The first kappa shape index (κ1) is 17.1. The summed E-state index contributed by atoms with van der Waals surface area (Å²) in [6, 6.07) is 5.61. The molecular weight excluding hydrogens is 277 g/mol. The fourth-order valence-electron chi connectivity index (χ4n) is 1.97. The molecule has 0 saturated heterocycles. The highest BCUT2D eigenvalue weighted by Gasteiger charge is 2.25. The molecule has 2 unspecified atom stereocenters. The first-order chi connectivity index (χ1) is 9.86. The second-order valence-electron chi connectivity index (χ2n) is 4.96. The van der Waals surface area contributed by atoms with Crippen molar-refractivity contribution in [2.75, 3.05) is 20.2 Å². The van der Waals surface area contributed by atoms with E-state index in [0.29, 0.717) is 0 Å². The third-order valence-corrected chi connectivity index (χ3v) is 2.97. The topological polar surface area (TPSA) is 66.8 Å². The van der Waals surface area contributed by atoms with E-state index < -0.39 is 29.7 Å². The van der Waals surface area contributed by atoms with Crippen molar-refractivity contribution in [3.63, 3.8) is 0 Å². The number of carbonyl (C=O) groups is 2. The number of nitrogens with zero attached hydrogens (tertiary/aromatic N) is 1. The summed E-state index contributed by atoms with van der Waals surface area (Å²) in [5, 5.41) is 9.49. The van der Waals surface area contributed by atoms with Gasteiger partial charge in [-0.3, -0.25) is 9.59 Å². The van der Waals surface area contributed by atoms with Crippen LogP contribution in [-0.4, -0.2) is 48.2 Å². The van der Waals surface area contributed by atoms with Gasteiger partial charge in [0.25, 0.3) is 5.91 Å². The number of methoxy groups -OCH3 is 1. The zero-order chi connectivity index (χ0) is 16.0. The highest BCUT2D eigenvalue weighted by Crippen LogP contribution is 2.13. The van der Waals surface area contributed by atoms with Crippen molar-refractivity contribution < 1.29 is 23.8 Å². The van der Waals surface area contributed by atoms with Gasteiger partial charge in [-0.2, -0.15) is 0 Å². The van der Waals surface area contributed by atoms with Crippen LogP contribution in [0.2, 0.25) is 0 Å². The number of aliphatic hydroxyl groups excluding tert-OH is 1. The van der Waals surface area contributed by atoms with Crippen LogP contribution in [0.1, 0.15) is 24.2 Å². The van der Waals surface area contributed by atoms with E-state index in [2.05, 4.69) is 4.74 Å². The molecule has 6 heteroatoms. The molecule has 0 aliphatic carbocycles. The molecule has 5 nitrogen and oxygen atoms in total. The Labute approximate surface area is 123 Å². The minimum absolute atomic E-state index is 0.00843. The fourth-order valence-corrected chi connectivity index (χ4v) is 1.97. The maximum Gasteiger partial charge on any atom is 0.310 e. The maximum absolute atomic E-state index is 13.7. The average Bonchev–Trinajstić information content (AvgIpc) is 2.44. The quantitative estimate of drug-likeness (QED) is 0.807. The first-order valence-corrected chi connectivity index (χ1v) is 6.66. The number of rotatable bonds is 6. The lowest BCUT2D eigenvalue weighted by Crippen LogP contribution is -2.41. The van der Waals surface area contributed by atoms with Gasteiger partial charge in [0.1, 0.15) is 5.82 Å². The summed E-state index contributed by atoms with van der Waals surface area (Å²) < 4.78 is 18.3. The number of hydrogen-bond acceptors (Lipinski definition) is 4. The molecule has 0 bridgehead atoms. The van der Waals surface area contributed by atoms with E-state index in [1.807, 2.05) is 0 Å². The van der Waals surface area contributed by atoms with Gasteiger partial charge in [0.15, 0.2) is 0 Å². The van der Waals surface area contributed by atoms with Crippen LogP contribution in [0.25, 0.3) is 0 Å². The Morgan fingerprint density at radius 1 is 1.29 bits per heavy atom. The van der Waals surface area contributed by atoms with Crippen LogP contribution >= 0.6 is 0 Å². The van der Waals surface area contributed by atoms with Crippen LogP contribution in [0.3, 0.4) is 0 Å². The van der Waals surface area contributed by atoms with E-state index in [1.54, 1.807) is 13.0 Å². The predicted octanol–water partition coefficient (Wildman–Crippen LogP) is 1.46. The second kappa shape index (κ2) is 7.73. The van der Waals surface area contributed by atoms with Crippen molar-refractivity contribution in [3.8, 4) is 0 Å². The molecule has 1 aromatic rings. The Bertz CT molecular complexity index is 504. The number of ether oxygens (including phenoxy) is 1. The number of amides is 1. The lowest BCUT2D eigenvalue weighted by molar-refractivity contribution is -0.145. The minimum atomic E-state index is -0.787. The number of aliphatic hydroxyl groups is 1. The second-order valence-corrected chi connectivity index (χ2v) is 4.96. The van der Waals surface area contributed by atoms with E-state index in [1.165, 1.54) is 37.1 Å². The summed E-state index contributed by atoms with van der Waals surface area (Å²) in [7, 11) is 1.26. The number of carbonyl (C=O) groups excluding carboxylic acids is 2. The monoisotopic (exact) mass is 297 g/mol. The number of esters is 1. The molecule has 116 valence electrons. The summed E-state index contributed by atoms with van der Waals surface area (Å²) in [6.07, 6.45) is -0.787. The number of halogens is 1. The van der Waals surface area contributed by atoms with E-state index >= 15 is 0 Å². The van der Waals surface area contributed by atoms with Crippen molar-refractivity contribution in [1.82, 2.24) is 4.90 Å². The molecule has 1 aromatic carbocycles. The molecule has 0 heterocycles. The van der Waals surface area contributed by atoms with Crippen LogP contribution in [0.5, 0.6) is 0 Å². The van der Waals surface area contributed by atoms with Gasteiger partial charge in [-0.25, -0.2) is 4.39 Å². The van der Waals surface area contributed by atoms with Gasteiger partial charge in [0, 0.05) is 13.1 Å². The Morgan fingerprint density at radius 2 is 1.90 bits per heavy atom. The molecule has 0 aliphatic heterocycles. The van der Waals surface area contributed by atoms with Crippen LogP contribution in [0.4, 0.5) is 4.39 Å². The summed E-state index contributed by atoms with van der Waals surface area (Å²) >= 11 is 0. The largest absolute Gasteiger partial charge is 0.469 e. The standard InChI is InChI=1S/C15H20FNO4/c1-10(15(20)21-3)8-17(9-11(2)18)14(19)12-6-4-5-7-13(12)16/h4-7,10-11,18H,8-9H2,1-3H3. The van der Waals surface area contributed by atoms with Gasteiger partial charge in [0.05, 0.1) is 24.7 Å². The molecule has 1 rings (SSSR count). The zero-order valence-electron chi connectivity index (χ0n) is 12.4. The van der Waals surface area contributed by atoms with Gasteiger partial charge in [-0.05, 0) is 19.1 Å². The predicted molar refractivity (Wildman–Crippen MR) is 75.2 cm³/mol. The van der Waals surface area contributed by atoms with E-state index in [4.69, 9.17) is 0 Å². The van der Waals surface area contributed by atoms with E-state index in [0.717, 1.165) is 0 Å². The Morgan fingerprint density at radius 3 is 2.43 bits per heavy atom.